The Bertz CT molecular complexity index is 106. The second-order valence-electron chi connectivity index (χ2n) is 3.48. The maximum atomic E-state index is 9.79. The molecule has 0 aromatic carbocycles. The topological polar surface area (TPSA) is 40.5 Å². The van der Waals surface area contributed by atoms with E-state index in [-0.39, 0.29) is 11.7 Å². The molecule has 3 atom stereocenters. The highest BCUT2D eigenvalue weighted by atomic mass is 31.1. The van der Waals surface area contributed by atoms with Crippen molar-refractivity contribution in [1.82, 2.24) is 0 Å². The average Bonchev–Trinajstić information content (AvgIpc) is 2.16. The Kier molecular flexibility index (Phi) is 6.93. The number of rotatable bonds is 6. The molecule has 0 rings (SSSR count). The van der Waals surface area contributed by atoms with E-state index in [9.17, 15) is 10.2 Å². The Morgan fingerprint density at radius 1 is 0.923 bits per heavy atom. The van der Waals surface area contributed by atoms with Crippen LogP contribution in [0.25, 0.3) is 0 Å². The Morgan fingerprint density at radius 3 is 1.54 bits per heavy atom. The Balaban J connectivity index is 4.34. The maximum Gasteiger partial charge on any atom is 0.0755 e. The monoisotopic (exact) mass is 206 g/mol. The van der Waals surface area contributed by atoms with Crippen LogP contribution in [0.4, 0.5) is 0 Å². The van der Waals surface area contributed by atoms with Crippen LogP contribution in [-0.2, 0) is 0 Å². The van der Waals surface area contributed by atoms with Gasteiger partial charge in [0.15, 0.2) is 0 Å². The first kappa shape index (κ1) is 13.4. The van der Waals surface area contributed by atoms with Crippen LogP contribution in [0.3, 0.4) is 0 Å². The van der Waals surface area contributed by atoms with Gasteiger partial charge in [-0.2, -0.15) is 0 Å². The van der Waals surface area contributed by atoms with E-state index in [2.05, 4.69) is 13.8 Å². The van der Waals surface area contributed by atoms with Gasteiger partial charge >= 0.3 is 0 Å². The first-order valence-corrected chi connectivity index (χ1v) is 6.76. The smallest absolute Gasteiger partial charge is 0.0755 e. The van der Waals surface area contributed by atoms with Gasteiger partial charge in [0, 0.05) is 0 Å². The molecule has 0 saturated heterocycles. The van der Waals surface area contributed by atoms with E-state index in [1.165, 1.54) is 0 Å². The minimum Gasteiger partial charge on any atom is -0.389 e. The van der Waals surface area contributed by atoms with E-state index in [0.717, 1.165) is 19.3 Å². The number of aliphatic hydroxyl groups is 2. The van der Waals surface area contributed by atoms with Crippen LogP contribution in [0, 0.1) is 0 Å². The molecule has 13 heavy (non-hydrogen) atoms. The zero-order chi connectivity index (χ0) is 10.4. The van der Waals surface area contributed by atoms with E-state index in [1.54, 1.807) is 0 Å². The van der Waals surface area contributed by atoms with Crippen molar-refractivity contribution in [2.75, 3.05) is 0 Å². The van der Waals surface area contributed by atoms with Gasteiger partial charge in [-0.25, -0.2) is 0 Å². The summed E-state index contributed by atoms with van der Waals surface area (Å²) in [5, 5.41) is 19.6. The van der Waals surface area contributed by atoms with Crippen LogP contribution >= 0.6 is 7.92 Å². The lowest BCUT2D eigenvalue weighted by molar-refractivity contribution is 0.217. The number of hydrogen-bond donors (Lipinski definition) is 2. The van der Waals surface area contributed by atoms with Gasteiger partial charge in [0.1, 0.15) is 0 Å². The molecule has 0 aliphatic rings. The molecule has 80 valence electrons. The van der Waals surface area contributed by atoms with Crippen molar-refractivity contribution in [2.45, 2.75) is 64.3 Å². The predicted octanol–water partition coefficient (Wildman–Crippen LogP) is 2.72. The van der Waals surface area contributed by atoms with Crippen LogP contribution in [0.2, 0.25) is 0 Å². The quantitative estimate of drug-likeness (QED) is 0.656. The molecule has 0 amide bonds. The van der Waals surface area contributed by atoms with Gasteiger partial charge in [0.25, 0.3) is 0 Å². The van der Waals surface area contributed by atoms with Crippen molar-refractivity contribution in [3.05, 3.63) is 0 Å². The molecule has 3 unspecified atom stereocenters. The van der Waals surface area contributed by atoms with Crippen molar-refractivity contribution in [3.8, 4) is 0 Å². The Morgan fingerprint density at radius 2 is 1.31 bits per heavy atom. The van der Waals surface area contributed by atoms with Crippen molar-refractivity contribution in [1.29, 1.82) is 0 Å². The summed E-state index contributed by atoms with van der Waals surface area (Å²) in [5.41, 5.74) is 0.458. The summed E-state index contributed by atoms with van der Waals surface area (Å²) in [7, 11) is -0.633. The second-order valence-corrected chi connectivity index (χ2v) is 6.45. The van der Waals surface area contributed by atoms with Crippen LogP contribution in [0.15, 0.2) is 0 Å². The lowest BCUT2D eigenvalue weighted by Crippen LogP contribution is -2.20. The molecular weight excluding hydrogens is 183 g/mol. The van der Waals surface area contributed by atoms with Crippen molar-refractivity contribution in [2.24, 2.45) is 0 Å². The fourth-order valence-corrected chi connectivity index (χ4v) is 4.26. The van der Waals surface area contributed by atoms with Crippen LogP contribution in [-0.4, -0.2) is 27.6 Å². The fourth-order valence-electron chi connectivity index (χ4n) is 1.42. The van der Waals surface area contributed by atoms with Gasteiger partial charge in [-0.15, -0.1) is 0 Å². The van der Waals surface area contributed by atoms with E-state index in [4.69, 9.17) is 0 Å². The molecule has 0 heterocycles. The molecule has 2 N–H and O–H groups in total. The third-order valence-corrected chi connectivity index (χ3v) is 6.01. The zero-order valence-electron chi connectivity index (χ0n) is 9.20. The minimum atomic E-state index is -0.633. The first-order valence-electron chi connectivity index (χ1n) is 5.21. The summed E-state index contributed by atoms with van der Waals surface area (Å²) >= 11 is 0. The molecule has 0 aliphatic heterocycles. The van der Waals surface area contributed by atoms with Crippen LogP contribution in [0.1, 0.15) is 47.0 Å². The molecule has 0 bridgehead atoms. The standard InChI is InChI=1S/C10H23O2P/c1-5-8(4)13(9(11)6-2)10(12)7-3/h8-12H,5-7H2,1-4H3. The highest BCUT2D eigenvalue weighted by Crippen LogP contribution is 2.51. The van der Waals surface area contributed by atoms with E-state index in [0.29, 0.717) is 5.66 Å². The summed E-state index contributed by atoms with van der Waals surface area (Å²) in [6.07, 6.45) is 2.56. The van der Waals surface area contributed by atoms with Crippen molar-refractivity contribution < 1.29 is 10.2 Å². The Labute approximate surface area is 83.1 Å². The molecule has 0 aromatic heterocycles. The third kappa shape index (κ3) is 3.93. The SMILES string of the molecule is CCC(C)P(C(O)CC)C(O)CC. The average molecular weight is 206 g/mol. The summed E-state index contributed by atoms with van der Waals surface area (Å²) in [5.74, 6) is -0.584. The molecule has 0 saturated carbocycles. The number of hydrogen-bond acceptors (Lipinski definition) is 2. The molecule has 0 aromatic rings. The molecule has 0 radical (unpaired) electrons. The van der Waals surface area contributed by atoms with E-state index < -0.39 is 7.92 Å². The number of aliphatic hydroxyl groups excluding tert-OH is 2. The van der Waals surface area contributed by atoms with E-state index in [1.807, 2.05) is 13.8 Å². The summed E-state index contributed by atoms with van der Waals surface area (Å²) in [6.45, 7) is 8.20. The van der Waals surface area contributed by atoms with Gasteiger partial charge < -0.3 is 10.2 Å². The highest BCUT2D eigenvalue weighted by molar-refractivity contribution is 7.59. The molecule has 2 nitrogen and oxygen atoms in total. The lowest BCUT2D eigenvalue weighted by atomic mass is 10.4. The lowest BCUT2D eigenvalue weighted by Gasteiger charge is -2.31. The van der Waals surface area contributed by atoms with Gasteiger partial charge in [-0.3, -0.25) is 0 Å². The normalized spacial score (nSPS) is 20.8. The molecule has 3 heteroatoms. The van der Waals surface area contributed by atoms with Gasteiger partial charge in [-0.1, -0.05) is 27.7 Å². The second kappa shape index (κ2) is 6.75. The van der Waals surface area contributed by atoms with Crippen molar-refractivity contribution in [3.63, 3.8) is 0 Å². The van der Waals surface area contributed by atoms with Crippen LogP contribution < -0.4 is 0 Å². The fraction of sp³-hybridized carbons (Fsp3) is 1.00. The van der Waals surface area contributed by atoms with Gasteiger partial charge in [0.2, 0.25) is 0 Å². The van der Waals surface area contributed by atoms with Gasteiger partial charge in [-0.05, 0) is 32.8 Å². The largest absolute Gasteiger partial charge is 0.389 e. The summed E-state index contributed by atoms with van der Waals surface area (Å²) in [6, 6.07) is 0. The van der Waals surface area contributed by atoms with Crippen molar-refractivity contribution >= 4 is 7.92 Å². The molecule has 0 fully saturated rings. The maximum absolute atomic E-state index is 9.79. The Hall–Kier alpha value is 0.350. The summed E-state index contributed by atoms with van der Waals surface area (Å²) in [4.78, 5) is 0. The van der Waals surface area contributed by atoms with Gasteiger partial charge in [0.05, 0.1) is 11.7 Å². The van der Waals surface area contributed by atoms with Crippen LogP contribution in [0.5, 0.6) is 0 Å². The zero-order valence-corrected chi connectivity index (χ0v) is 10.1. The third-order valence-electron chi connectivity index (χ3n) is 2.52. The van der Waals surface area contributed by atoms with E-state index >= 15 is 0 Å². The first-order chi connectivity index (χ1) is 6.08. The minimum absolute atomic E-state index is 0.292. The molecule has 0 spiro atoms. The molecular formula is C10H23O2P. The predicted molar refractivity (Wildman–Crippen MR) is 59.3 cm³/mol. The highest BCUT2D eigenvalue weighted by Gasteiger charge is 2.28. The molecule has 0 aliphatic carbocycles. The summed E-state index contributed by atoms with van der Waals surface area (Å²) < 4.78 is 0.